The predicted molar refractivity (Wildman–Crippen MR) is 90.8 cm³/mol. The summed E-state index contributed by atoms with van der Waals surface area (Å²) in [6.45, 7) is 9.71. The van der Waals surface area contributed by atoms with Crippen molar-refractivity contribution in [3.63, 3.8) is 0 Å². The van der Waals surface area contributed by atoms with Crippen molar-refractivity contribution >= 4 is 5.91 Å². The lowest BCUT2D eigenvalue weighted by molar-refractivity contribution is 0.0859. The molecule has 1 aromatic heterocycles. The second kappa shape index (κ2) is 7.07. The molecule has 1 atom stereocenters. The van der Waals surface area contributed by atoms with E-state index < -0.39 is 5.82 Å². The molecule has 4 nitrogen and oxygen atoms in total. The monoisotopic (exact) mass is 333 g/mol. The number of aryl methyl sites for hydroxylation is 2. The van der Waals surface area contributed by atoms with Crippen LogP contribution in [0.4, 0.5) is 4.39 Å². The van der Waals surface area contributed by atoms with Gasteiger partial charge in [0.25, 0.3) is 5.91 Å². The minimum atomic E-state index is -0.419. The summed E-state index contributed by atoms with van der Waals surface area (Å²) in [5.41, 5.74) is 0.251. The molecule has 0 radical (unpaired) electrons. The van der Waals surface area contributed by atoms with Crippen LogP contribution in [0.1, 0.15) is 42.6 Å². The quantitative estimate of drug-likeness (QED) is 0.889. The summed E-state index contributed by atoms with van der Waals surface area (Å²) < 4.78 is 24.7. The fraction of sp³-hybridized carbons (Fsp3) is 0.421. The molecule has 0 bridgehead atoms. The third-order valence-electron chi connectivity index (χ3n) is 3.88. The highest BCUT2D eigenvalue weighted by molar-refractivity contribution is 5.95. The zero-order chi connectivity index (χ0) is 17.9. The Bertz CT molecular complexity index is 716. The zero-order valence-electron chi connectivity index (χ0n) is 14.8. The number of halogens is 1. The molecule has 5 heteroatoms. The first-order valence-corrected chi connectivity index (χ1v) is 7.93. The predicted octanol–water partition coefficient (Wildman–Crippen LogP) is 4.26. The van der Waals surface area contributed by atoms with Crippen LogP contribution in [-0.4, -0.2) is 18.6 Å². The van der Waals surface area contributed by atoms with E-state index in [2.05, 4.69) is 5.32 Å². The average molecular weight is 333 g/mol. The zero-order valence-corrected chi connectivity index (χ0v) is 14.8. The van der Waals surface area contributed by atoms with Gasteiger partial charge in [0.15, 0.2) is 11.6 Å². The van der Waals surface area contributed by atoms with E-state index in [9.17, 15) is 9.18 Å². The number of hydrogen-bond acceptors (Lipinski definition) is 3. The van der Waals surface area contributed by atoms with Crippen LogP contribution in [0.5, 0.6) is 5.75 Å². The standard InChI is InChI=1S/C19H24FNO3/c1-12-10-14(13(2)24-12)18(22)21-17(19(3,4)5)11-23-16-9-7-6-8-15(16)20/h6-10,17H,11H2,1-5H3,(H,21,22). The first-order valence-electron chi connectivity index (χ1n) is 7.93. The number of para-hydroxylation sites is 1. The normalized spacial score (nSPS) is 12.8. The maximum atomic E-state index is 13.7. The maximum absolute atomic E-state index is 13.7. The summed E-state index contributed by atoms with van der Waals surface area (Å²) in [7, 11) is 0. The molecule has 1 aromatic carbocycles. The number of ether oxygens (including phenoxy) is 1. The summed E-state index contributed by atoms with van der Waals surface area (Å²) in [6, 6.07) is 7.65. The van der Waals surface area contributed by atoms with E-state index in [1.165, 1.54) is 6.07 Å². The SMILES string of the molecule is Cc1cc(C(=O)NC(COc2ccccc2F)C(C)(C)C)c(C)o1. The van der Waals surface area contributed by atoms with Gasteiger partial charge in [-0.15, -0.1) is 0 Å². The summed E-state index contributed by atoms with van der Waals surface area (Å²) in [5.74, 6) is 0.802. The van der Waals surface area contributed by atoms with E-state index in [4.69, 9.17) is 9.15 Å². The van der Waals surface area contributed by atoms with Gasteiger partial charge in [-0.25, -0.2) is 4.39 Å². The Balaban J connectivity index is 2.10. The van der Waals surface area contributed by atoms with Gasteiger partial charge in [-0.05, 0) is 37.5 Å². The van der Waals surface area contributed by atoms with E-state index in [1.54, 1.807) is 38.1 Å². The highest BCUT2D eigenvalue weighted by Crippen LogP contribution is 2.23. The highest BCUT2D eigenvalue weighted by Gasteiger charge is 2.28. The molecule has 0 aliphatic heterocycles. The molecule has 1 N–H and O–H groups in total. The molecule has 0 aliphatic carbocycles. The van der Waals surface area contributed by atoms with Gasteiger partial charge in [0.2, 0.25) is 0 Å². The fourth-order valence-corrected chi connectivity index (χ4v) is 2.34. The molecule has 0 aliphatic rings. The summed E-state index contributed by atoms with van der Waals surface area (Å²) in [6.07, 6.45) is 0. The average Bonchev–Trinajstić information content (AvgIpc) is 2.82. The van der Waals surface area contributed by atoms with Crippen LogP contribution in [0.3, 0.4) is 0 Å². The number of amides is 1. The first kappa shape index (κ1) is 18.0. The molecule has 0 saturated carbocycles. The van der Waals surface area contributed by atoms with Crippen molar-refractivity contribution < 1.29 is 18.3 Å². The summed E-state index contributed by atoms with van der Waals surface area (Å²) >= 11 is 0. The van der Waals surface area contributed by atoms with Crippen LogP contribution in [0.2, 0.25) is 0 Å². The van der Waals surface area contributed by atoms with E-state index in [0.717, 1.165) is 0 Å². The van der Waals surface area contributed by atoms with Crippen LogP contribution >= 0.6 is 0 Å². The number of furan rings is 1. The molecular formula is C19H24FNO3. The lowest BCUT2D eigenvalue weighted by Crippen LogP contribution is -2.47. The minimum absolute atomic E-state index is 0.173. The number of carbonyl (C=O) groups excluding carboxylic acids is 1. The maximum Gasteiger partial charge on any atom is 0.255 e. The summed E-state index contributed by atoms with van der Waals surface area (Å²) in [4.78, 5) is 12.5. The van der Waals surface area contributed by atoms with Gasteiger partial charge in [-0.3, -0.25) is 4.79 Å². The largest absolute Gasteiger partial charge is 0.488 e. The number of hydrogen-bond donors (Lipinski definition) is 1. The highest BCUT2D eigenvalue weighted by atomic mass is 19.1. The molecule has 1 amide bonds. The second-order valence-electron chi connectivity index (χ2n) is 6.96. The Morgan fingerprint density at radius 1 is 1.29 bits per heavy atom. The van der Waals surface area contributed by atoms with Crippen molar-refractivity contribution in [3.8, 4) is 5.75 Å². The van der Waals surface area contributed by atoms with Crippen molar-refractivity contribution in [1.82, 2.24) is 5.32 Å². The van der Waals surface area contributed by atoms with Gasteiger partial charge in [0.05, 0.1) is 11.6 Å². The molecule has 2 aromatic rings. The molecule has 0 saturated heterocycles. The molecular weight excluding hydrogens is 309 g/mol. The van der Waals surface area contributed by atoms with Gasteiger partial charge in [-0.1, -0.05) is 32.9 Å². The van der Waals surface area contributed by atoms with Crippen molar-refractivity contribution in [3.05, 3.63) is 53.2 Å². The van der Waals surface area contributed by atoms with Crippen LogP contribution in [-0.2, 0) is 0 Å². The van der Waals surface area contributed by atoms with E-state index in [1.807, 2.05) is 20.8 Å². The van der Waals surface area contributed by atoms with Crippen LogP contribution in [0.15, 0.2) is 34.7 Å². The van der Waals surface area contributed by atoms with E-state index >= 15 is 0 Å². The molecule has 1 heterocycles. The Labute approximate surface area is 142 Å². The van der Waals surface area contributed by atoms with E-state index in [-0.39, 0.29) is 29.7 Å². The number of carbonyl (C=O) groups is 1. The topological polar surface area (TPSA) is 51.5 Å². The summed E-state index contributed by atoms with van der Waals surface area (Å²) in [5, 5.41) is 2.97. The number of benzene rings is 1. The van der Waals surface area contributed by atoms with Crippen LogP contribution in [0.25, 0.3) is 0 Å². The van der Waals surface area contributed by atoms with Gasteiger partial charge >= 0.3 is 0 Å². The van der Waals surface area contributed by atoms with Gasteiger partial charge in [0, 0.05) is 0 Å². The molecule has 2 rings (SSSR count). The molecule has 24 heavy (non-hydrogen) atoms. The third kappa shape index (κ3) is 4.37. The number of nitrogens with one attached hydrogen (secondary N) is 1. The van der Waals surface area contributed by atoms with Crippen molar-refractivity contribution in [1.29, 1.82) is 0 Å². The fourth-order valence-electron chi connectivity index (χ4n) is 2.34. The first-order chi connectivity index (χ1) is 11.2. The number of rotatable bonds is 5. The van der Waals surface area contributed by atoms with E-state index in [0.29, 0.717) is 17.1 Å². The second-order valence-corrected chi connectivity index (χ2v) is 6.96. The Morgan fingerprint density at radius 2 is 1.96 bits per heavy atom. The lowest BCUT2D eigenvalue weighted by Gasteiger charge is -2.31. The van der Waals surface area contributed by atoms with Crippen molar-refractivity contribution in [2.24, 2.45) is 5.41 Å². The Hall–Kier alpha value is -2.30. The molecule has 130 valence electrons. The van der Waals surface area contributed by atoms with Gasteiger partial charge in [-0.2, -0.15) is 0 Å². The lowest BCUT2D eigenvalue weighted by atomic mass is 9.87. The molecule has 1 unspecified atom stereocenters. The smallest absolute Gasteiger partial charge is 0.255 e. The molecule has 0 fully saturated rings. The van der Waals surface area contributed by atoms with Crippen LogP contribution < -0.4 is 10.1 Å². The molecule has 0 spiro atoms. The minimum Gasteiger partial charge on any atom is -0.488 e. The van der Waals surface area contributed by atoms with Crippen molar-refractivity contribution in [2.45, 2.75) is 40.7 Å². The van der Waals surface area contributed by atoms with Gasteiger partial charge < -0.3 is 14.5 Å². The van der Waals surface area contributed by atoms with Gasteiger partial charge in [0.1, 0.15) is 18.1 Å². The van der Waals surface area contributed by atoms with Crippen LogP contribution in [0, 0.1) is 25.1 Å². The Kier molecular flexibility index (Phi) is 5.32. The van der Waals surface area contributed by atoms with Crippen molar-refractivity contribution in [2.75, 3.05) is 6.61 Å². The third-order valence-corrected chi connectivity index (χ3v) is 3.88. The Morgan fingerprint density at radius 3 is 2.50 bits per heavy atom.